The Kier molecular flexibility index (Phi) is 3.98. The average Bonchev–Trinajstić information content (AvgIpc) is 3.24. The van der Waals surface area contributed by atoms with E-state index < -0.39 is 29.0 Å². The second-order valence-corrected chi connectivity index (χ2v) is 8.76. The number of ether oxygens (including phenoxy) is 1. The first-order chi connectivity index (χ1) is 12.6. The molecule has 4 atom stereocenters. The molecular weight excluding hydrogens is 368 g/mol. The van der Waals surface area contributed by atoms with Gasteiger partial charge < -0.3 is 10.1 Å². The van der Waals surface area contributed by atoms with Crippen LogP contribution >= 0.6 is 11.6 Å². The van der Waals surface area contributed by atoms with Crippen LogP contribution in [0, 0.1) is 17.3 Å². The van der Waals surface area contributed by atoms with Gasteiger partial charge in [0.2, 0.25) is 17.7 Å². The van der Waals surface area contributed by atoms with E-state index in [0.717, 1.165) is 0 Å². The molecule has 6 nitrogen and oxygen atoms in total. The fraction of sp³-hybridized carbons (Fsp3) is 0.450. The largest absolute Gasteiger partial charge is 0.360 e. The van der Waals surface area contributed by atoms with Crippen LogP contribution in [0.1, 0.15) is 20.8 Å². The van der Waals surface area contributed by atoms with E-state index in [1.54, 1.807) is 24.3 Å². The summed E-state index contributed by atoms with van der Waals surface area (Å²) in [6.07, 6.45) is 3.19. The van der Waals surface area contributed by atoms with Crippen molar-refractivity contribution < 1.29 is 19.1 Å². The number of carbonyl (C=O) groups excluding carboxylic acids is 3. The van der Waals surface area contributed by atoms with Crippen molar-refractivity contribution in [2.75, 3.05) is 11.4 Å². The van der Waals surface area contributed by atoms with E-state index in [4.69, 9.17) is 16.3 Å². The molecule has 1 aromatic carbocycles. The van der Waals surface area contributed by atoms with Gasteiger partial charge in [-0.3, -0.25) is 14.4 Å². The summed E-state index contributed by atoms with van der Waals surface area (Å²) < 4.78 is 6.02. The van der Waals surface area contributed by atoms with E-state index in [2.05, 4.69) is 5.32 Å². The minimum absolute atomic E-state index is 0.132. The first-order valence-electron chi connectivity index (χ1n) is 8.93. The van der Waals surface area contributed by atoms with Crippen LogP contribution in [0.2, 0.25) is 5.02 Å². The molecule has 142 valence electrons. The Morgan fingerprint density at radius 3 is 2.52 bits per heavy atom. The highest BCUT2D eigenvalue weighted by molar-refractivity contribution is 6.31. The fourth-order valence-corrected chi connectivity index (χ4v) is 4.16. The molecule has 3 aliphatic heterocycles. The molecule has 27 heavy (non-hydrogen) atoms. The molecule has 0 radical (unpaired) electrons. The summed E-state index contributed by atoms with van der Waals surface area (Å²) in [6, 6.07) is 6.61. The van der Waals surface area contributed by atoms with Gasteiger partial charge >= 0.3 is 0 Å². The number of fused-ring (bicyclic) bond motifs is 5. The van der Waals surface area contributed by atoms with E-state index in [-0.39, 0.29) is 24.3 Å². The van der Waals surface area contributed by atoms with Crippen molar-refractivity contribution in [2.45, 2.75) is 32.5 Å². The molecule has 0 saturated carbocycles. The lowest BCUT2D eigenvalue weighted by molar-refractivity contribution is -0.132. The van der Waals surface area contributed by atoms with Crippen molar-refractivity contribution >= 4 is 35.0 Å². The zero-order chi connectivity index (χ0) is 19.6. The maximum absolute atomic E-state index is 13.2. The minimum Gasteiger partial charge on any atom is -0.360 e. The van der Waals surface area contributed by atoms with Crippen molar-refractivity contribution in [3.8, 4) is 0 Å². The van der Waals surface area contributed by atoms with Gasteiger partial charge in [-0.15, -0.1) is 0 Å². The summed E-state index contributed by atoms with van der Waals surface area (Å²) in [4.78, 5) is 39.6. The van der Waals surface area contributed by atoms with Gasteiger partial charge in [0.25, 0.3) is 0 Å². The van der Waals surface area contributed by atoms with Gasteiger partial charge in [0.1, 0.15) is 5.60 Å². The number of nitrogens with zero attached hydrogens (tertiary/aromatic N) is 1. The lowest BCUT2D eigenvalue weighted by Gasteiger charge is -2.30. The summed E-state index contributed by atoms with van der Waals surface area (Å²) in [5.74, 6) is -1.91. The van der Waals surface area contributed by atoms with E-state index in [9.17, 15) is 14.4 Å². The number of anilines is 1. The number of nitrogens with one attached hydrogen (secondary N) is 1. The third-order valence-electron chi connectivity index (χ3n) is 5.45. The predicted molar refractivity (Wildman–Crippen MR) is 100 cm³/mol. The number of benzene rings is 1. The zero-order valence-electron chi connectivity index (χ0n) is 15.4. The molecule has 0 aromatic heterocycles. The standard InChI is InChI=1S/C20H21ClN2O4/c1-19(2,3)18(26)22-10-20-9-8-13(27-20)14-15(20)17(25)23(16(14)24)12-6-4-11(21)5-7-12/h4-9,13-15H,10H2,1-3H3,(H,22,26)/t13-,14-,15-,20+/m1/s1. The van der Waals surface area contributed by atoms with E-state index in [1.807, 2.05) is 32.9 Å². The molecule has 4 rings (SSSR count). The van der Waals surface area contributed by atoms with Gasteiger partial charge in [-0.05, 0) is 24.3 Å². The summed E-state index contributed by atoms with van der Waals surface area (Å²) in [7, 11) is 0. The van der Waals surface area contributed by atoms with Crippen LogP contribution in [-0.2, 0) is 19.1 Å². The van der Waals surface area contributed by atoms with Crippen LogP contribution in [0.4, 0.5) is 5.69 Å². The topological polar surface area (TPSA) is 75.7 Å². The number of hydrogen-bond acceptors (Lipinski definition) is 4. The van der Waals surface area contributed by atoms with Crippen LogP contribution in [0.25, 0.3) is 0 Å². The number of halogens is 1. The molecule has 1 aromatic rings. The average molecular weight is 389 g/mol. The Balaban J connectivity index is 1.62. The molecular formula is C20H21ClN2O4. The summed E-state index contributed by atoms with van der Waals surface area (Å²) in [5, 5.41) is 3.41. The number of amides is 3. The molecule has 2 bridgehead atoms. The normalized spacial score (nSPS) is 31.6. The van der Waals surface area contributed by atoms with E-state index >= 15 is 0 Å². The van der Waals surface area contributed by atoms with Crippen molar-refractivity contribution in [1.29, 1.82) is 0 Å². The van der Waals surface area contributed by atoms with E-state index in [0.29, 0.717) is 10.7 Å². The lowest BCUT2D eigenvalue weighted by atomic mass is 9.76. The SMILES string of the molecule is CC(C)(C)C(=O)NC[C@]12C=C[C@@H](O1)[C@H]1C(=O)N(c3ccc(Cl)cc3)C(=O)[C@@H]12. The molecule has 1 N–H and O–H groups in total. The van der Waals surface area contributed by atoms with Gasteiger partial charge in [0.05, 0.1) is 30.2 Å². The number of hydrogen-bond donors (Lipinski definition) is 1. The van der Waals surface area contributed by atoms with Gasteiger partial charge in [-0.1, -0.05) is 44.5 Å². The number of rotatable bonds is 3. The van der Waals surface area contributed by atoms with Gasteiger partial charge in [0.15, 0.2) is 0 Å². The second kappa shape index (κ2) is 5.91. The number of imide groups is 1. The van der Waals surface area contributed by atoms with Crippen molar-refractivity contribution in [1.82, 2.24) is 5.32 Å². The van der Waals surface area contributed by atoms with E-state index in [1.165, 1.54) is 4.90 Å². The third kappa shape index (κ3) is 2.70. The van der Waals surface area contributed by atoms with Crippen molar-refractivity contribution in [3.05, 3.63) is 41.4 Å². The second-order valence-electron chi connectivity index (χ2n) is 8.32. The highest BCUT2D eigenvalue weighted by atomic mass is 35.5. The van der Waals surface area contributed by atoms with Crippen LogP contribution in [0.15, 0.2) is 36.4 Å². The Morgan fingerprint density at radius 2 is 1.89 bits per heavy atom. The van der Waals surface area contributed by atoms with Crippen LogP contribution in [-0.4, -0.2) is 36.0 Å². The molecule has 0 aliphatic carbocycles. The lowest BCUT2D eigenvalue weighted by Crippen LogP contribution is -2.50. The Bertz CT molecular complexity index is 858. The van der Waals surface area contributed by atoms with Gasteiger partial charge in [-0.25, -0.2) is 4.90 Å². The molecule has 0 spiro atoms. The zero-order valence-corrected chi connectivity index (χ0v) is 16.1. The Morgan fingerprint density at radius 1 is 1.22 bits per heavy atom. The quantitative estimate of drug-likeness (QED) is 0.637. The highest BCUT2D eigenvalue weighted by Crippen LogP contribution is 2.52. The first kappa shape index (κ1) is 18.2. The fourth-order valence-electron chi connectivity index (χ4n) is 4.03. The predicted octanol–water partition coefficient (Wildman–Crippen LogP) is 2.32. The number of carbonyl (C=O) groups is 3. The first-order valence-corrected chi connectivity index (χ1v) is 9.31. The highest BCUT2D eigenvalue weighted by Gasteiger charge is 2.67. The molecule has 3 heterocycles. The summed E-state index contributed by atoms with van der Waals surface area (Å²) >= 11 is 5.91. The Labute approximate surface area is 162 Å². The van der Waals surface area contributed by atoms with Crippen LogP contribution in [0.3, 0.4) is 0 Å². The maximum atomic E-state index is 13.2. The smallest absolute Gasteiger partial charge is 0.241 e. The molecule has 2 fully saturated rings. The molecule has 0 unspecified atom stereocenters. The molecule has 7 heteroatoms. The van der Waals surface area contributed by atoms with Crippen molar-refractivity contribution in [2.24, 2.45) is 17.3 Å². The van der Waals surface area contributed by atoms with Crippen LogP contribution < -0.4 is 10.2 Å². The summed E-state index contributed by atoms with van der Waals surface area (Å²) in [5.41, 5.74) is -1.04. The third-order valence-corrected chi connectivity index (χ3v) is 5.70. The summed E-state index contributed by atoms with van der Waals surface area (Å²) in [6.45, 7) is 5.61. The minimum atomic E-state index is -0.982. The monoisotopic (exact) mass is 388 g/mol. The van der Waals surface area contributed by atoms with Gasteiger partial charge in [0, 0.05) is 10.4 Å². The maximum Gasteiger partial charge on any atom is 0.241 e. The molecule has 3 aliphatic rings. The van der Waals surface area contributed by atoms with Gasteiger partial charge in [-0.2, -0.15) is 0 Å². The van der Waals surface area contributed by atoms with Crippen LogP contribution in [0.5, 0.6) is 0 Å². The molecule has 2 saturated heterocycles. The Hall–Kier alpha value is -2.18. The molecule has 3 amide bonds. The van der Waals surface area contributed by atoms with Crippen molar-refractivity contribution in [3.63, 3.8) is 0 Å².